The minimum Gasteiger partial charge on any atom is -0.446 e. The fourth-order valence-electron chi connectivity index (χ4n) is 4.04. The van der Waals surface area contributed by atoms with Crippen LogP contribution in [-0.4, -0.2) is 53.6 Å². The van der Waals surface area contributed by atoms with Crippen LogP contribution in [0, 0.1) is 5.92 Å². The van der Waals surface area contributed by atoms with E-state index >= 15 is 0 Å². The molecule has 0 bridgehead atoms. The largest absolute Gasteiger partial charge is 0.446 e. The molecule has 3 fully saturated rings. The van der Waals surface area contributed by atoms with E-state index in [1.807, 2.05) is 13.0 Å². The number of amides is 3. The predicted molar refractivity (Wildman–Crippen MR) is 96.3 cm³/mol. The van der Waals surface area contributed by atoms with Gasteiger partial charge in [0.05, 0.1) is 0 Å². The van der Waals surface area contributed by atoms with Crippen LogP contribution in [-0.2, 0) is 14.3 Å². The van der Waals surface area contributed by atoms with Crippen molar-refractivity contribution in [1.29, 1.82) is 0 Å². The first kappa shape index (κ1) is 18.7. The third kappa shape index (κ3) is 4.19. The molecule has 0 aromatic rings. The fraction of sp³-hybridized carbons (Fsp3) is 0.737. The summed E-state index contributed by atoms with van der Waals surface area (Å²) in [6, 6.07) is -0.460. The average molecular weight is 363 g/mol. The Labute approximate surface area is 154 Å². The van der Waals surface area contributed by atoms with Crippen LogP contribution in [0.4, 0.5) is 4.79 Å². The Bertz CT molecular complexity index is 587. The van der Waals surface area contributed by atoms with Crippen LogP contribution < -0.4 is 10.6 Å². The van der Waals surface area contributed by atoms with Crippen molar-refractivity contribution in [3.8, 4) is 0 Å². The standard InChI is InChI=1S/C19H29N3O4/c1-3-13-11-19(13,2)21-17(24)15-9-6-10-22(15)16(23)12-20-18(25)26-14-7-4-5-8-14/h3,13-15H,1,4-12H2,2H3,(H,20,25)(H,21,24)/t13?,15-,19?/m0/s1. The van der Waals surface area contributed by atoms with Gasteiger partial charge in [-0.15, -0.1) is 6.58 Å². The van der Waals surface area contributed by atoms with Gasteiger partial charge in [-0.1, -0.05) is 6.08 Å². The van der Waals surface area contributed by atoms with E-state index in [4.69, 9.17) is 4.74 Å². The Morgan fingerprint density at radius 2 is 1.96 bits per heavy atom. The Balaban J connectivity index is 1.46. The summed E-state index contributed by atoms with van der Waals surface area (Å²) in [6.07, 6.45) is 7.53. The molecule has 3 rings (SSSR count). The lowest BCUT2D eigenvalue weighted by atomic mass is 10.1. The lowest BCUT2D eigenvalue weighted by Gasteiger charge is -2.26. The van der Waals surface area contributed by atoms with E-state index in [1.165, 1.54) is 0 Å². The van der Waals surface area contributed by atoms with Gasteiger partial charge in [0.15, 0.2) is 0 Å². The number of ether oxygens (including phenoxy) is 1. The summed E-state index contributed by atoms with van der Waals surface area (Å²) in [5, 5.41) is 5.58. The van der Waals surface area contributed by atoms with Crippen LogP contribution in [0.2, 0.25) is 0 Å². The van der Waals surface area contributed by atoms with Gasteiger partial charge in [0.1, 0.15) is 18.7 Å². The molecular weight excluding hydrogens is 334 g/mol. The van der Waals surface area contributed by atoms with Gasteiger partial charge in [-0.2, -0.15) is 0 Å². The van der Waals surface area contributed by atoms with E-state index in [-0.39, 0.29) is 30.0 Å². The minimum atomic E-state index is -0.551. The highest BCUT2D eigenvalue weighted by Gasteiger charge is 2.50. The van der Waals surface area contributed by atoms with Gasteiger partial charge in [0, 0.05) is 18.0 Å². The van der Waals surface area contributed by atoms with E-state index in [0.29, 0.717) is 18.9 Å². The molecule has 7 nitrogen and oxygen atoms in total. The maximum Gasteiger partial charge on any atom is 0.407 e. The molecule has 0 aromatic heterocycles. The van der Waals surface area contributed by atoms with Crippen molar-refractivity contribution in [2.45, 2.75) is 69.6 Å². The van der Waals surface area contributed by atoms with Gasteiger partial charge in [-0.25, -0.2) is 4.79 Å². The van der Waals surface area contributed by atoms with Crippen LogP contribution in [0.3, 0.4) is 0 Å². The Kier molecular flexibility index (Phi) is 5.53. The molecule has 26 heavy (non-hydrogen) atoms. The van der Waals surface area contributed by atoms with E-state index < -0.39 is 12.1 Å². The van der Waals surface area contributed by atoms with Gasteiger partial charge >= 0.3 is 6.09 Å². The molecule has 0 aromatic carbocycles. The number of hydrogen-bond acceptors (Lipinski definition) is 4. The molecule has 1 saturated heterocycles. The highest BCUT2D eigenvalue weighted by atomic mass is 16.6. The molecule has 1 aliphatic heterocycles. The fourth-order valence-corrected chi connectivity index (χ4v) is 4.04. The highest BCUT2D eigenvalue weighted by Crippen LogP contribution is 2.43. The molecule has 7 heteroatoms. The lowest BCUT2D eigenvalue weighted by Crippen LogP contribution is -2.51. The topological polar surface area (TPSA) is 87.7 Å². The van der Waals surface area contributed by atoms with Crippen LogP contribution in [0.25, 0.3) is 0 Å². The van der Waals surface area contributed by atoms with Crippen molar-refractivity contribution >= 4 is 17.9 Å². The molecular formula is C19H29N3O4. The van der Waals surface area contributed by atoms with E-state index in [9.17, 15) is 14.4 Å². The maximum absolute atomic E-state index is 12.6. The third-order valence-electron chi connectivity index (χ3n) is 5.83. The molecule has 0 radical (unpaired) electrons. The number of carbonyl (C=O) groups is 3. The second kappa shape index (κ2) is 7.68. The monoisotopic (exact) mass is 363 g/mol. The van der Waals surface area contributed by atoms with Crippen molar-refractivity contribution < 1.29 is 19.1 Å². The van der Waals surface area contributed by atoms with Gasteiger partial charge in [-0.05, 0) is 51.9 Å². The first-order valence-corrected chi connectivity index (χ1v) is 9.61. The molecule has 2 aliphatic carbocycles. The average Bonchev–Trinajstić information content (AvgIpc) is 3.05. The minimum absolute atomic E-state index is 0.0347. The molecule has 1 heterocycles. The molecule has 2 N–H and O–H groups in total. The number of nitrogens with one attached hydrogen (secondary N) is 2. The summed E-state index contributed by atoms with van der Waals surface area (Å²) < 4.78 is 5.29. The molecule has 3 amide bonds. The number of likely N-dealkylation sites (tertiary alicyclic amines) is 1. The number of hydrogen-bond donors (Lipinski definition) is 2. The summed E-state index contributed by atoms with van der Waals surface area (Å²) in [5.74, 6) is -0.0625. The van der Waals surface area contributed by atoms with Gasteiger partial charge in [-0.3, -0.25) is 9.59 Å². The summed E-state index contributed by atoms with van der Waals surface area (Å²) >= 11 is 0. The van der Waals surface area contributed by atoms with E-state index in [1.54, 1.807) is 4.90 Å². The molecule has 2 unspecified atom stereocenters. The van der Waals surface area contributed by atoms with Crippen molar-refractivity contribution in [2.75, 3.05) is 13.1 Å². The second-order valence-corrected chi connectivity index (χ2v) is 7.86. The Morgan fingerprint density at radius 1 is 1.23 bits per heavy atom. The SMILES string of the molecule is C=CC1CC1(C)NC(=O)[C@@H]1CCCN1C(=O)CNC(=O)OC1CCCC1. The van der Waals surface area contributed by atoms with Crippen molar-refractivity contribution in [3.63, 3.8) is 0 Å². The normalized spacial score (nSPS) is 30.7. The molecule has 2 saturated carbocycles. The Hall–Kier alpha value is -2.05. The van der Waals surface area contributed by atoms with Gasteiger partial charge < -0.3 is 20.3 Å². The van der Waals surface area contributed by atoms with Gasteiger partial charge in [0.25, 0.3) is 0 Å². The van der Waals surface area contributed by atoms with E-state index in [0.717, 1.165) is 38.5 Å². The number of alkyl carbamates (subject to hydrolysis) is 1. The van der Waals surface area contributed by atoms with E-state index in [2.05, 4.69) is 17.2 Å². The quantitative estimate of drug-likeness (QED) is 0.704. The smallest absolute Gasteiger partial charge is 0.407 e. The van der Waals surface area contributed by atoms with Crippen LogP contribution in [0.5, 0.6) is 0 Å². The molecule has 3 atom stereocenters. The molecule has 144 valence electrons. The zero-order valence-corrected chi connectivity index (χ0v) is 15.5. The van der Waals surface area contributed by atoms with Crippen molar-refractivity contribution in [2.24, 2.45) is 5.92 Å². The van der Waals surface area contributed by atoms with Gasteiger partial charge in [0.2, 0.25) is 11.8 Å². The third-order valence-corrected chi connectivity index (χ3v) is 5.83. The first-order valence-electron chi connectivity index (χ1n) is 9.61. The summed E-state index contributed by atoms with van der Waals surface area (Å²) in [4.78, 5) is 38.4. The predicted octanol–water partition coefficient (Wildman–Crippen LogP) is 1.73. The zero-order chi connectivity index (χ0) is 18.7. The summed E-state index contributed by atoms with van der Waals surface area (Å²) in [7, 11) is 0. The Morgan fingerprint density at radius 3 is 2.62 bits per heavy atom. The summed E-state index contributed by atoms with van der Waals surface area (Å²) in [5.41, 5.74) is -0.237. The van der Waals surface area contributed by atoms with Crippen LogP contribution in [0.1, 0.15) is 51.9 Å². The van der Waals surface area contributed by atoms with Crippen molar-refractivity contribution in [3.05, 3.63) is 12.7 Å². The number of carbonyl (C=O) groups excluding carboxylic acids is 3. The van der Waals surface area contributed by atoms with Crippen molar-refractivity contribution in [1.82, 2.24) is 15.5 Å². The summed E-state index contributed by atoms with van der Waals surface area (Å²) in [6.45, 7) is 6.18. The number of nitrogens with zero attached hydrogens (tertiary/aromatic N) is 1. The van der Waals surface area contributed by atoms with Crippen LogP contribution >= 0.6 is 0 Å². The number of rotatable bonds is 6. The van der Waals surface area contributed by atoms with Crippen LogP contribution in [0.15, 0.2) is 12.7 Å². The second-order valence-electron chi connectivity index (χ2n) is 7.86. The zero-order valence-electron chi connectivity index (χ0n) is 15.5. The lowest BCUT2D eigenvalue weighted by molar-refractivity contribution is -0.138. The molecule has 0 spiro atoms. The first-order chi connectivity index (χ1) is 12.4. The highest BCUT2D eigenvalue weighted by molar-refractivity contribution is 5.90. The molecule has 3 aliphatic rings. The maximum atomic E-state index is 12.6.